The molecule has 1 aliphatic heterocycles. The first-order chi connectivity index (χ1) is 20.7. The number of carbonyl (C=O) groups is 2. The number of aliphatic hydroxyl groups excluding tert-OH is 3. The molecule has 2 amide bonds. The molecule has 6 aliphatic rings. The summed E-state index contributed by atoms with van der Waals surface area (Å²) >= 11 is 0. The van der Waals surface area contributed by atoms with Gasteiger partial charge in [0.1, 0.15) is 12.2 Å². The second kappa shape index (κ2) is 12.1. The maximum Gasteiger partial charge on any atom is 0.247 e. The number of fused-ring (bicyclic) bond motifs is 5. The van der Waals surface area contributed by atoms with Crippen molar-refractivity contribution in [3.8, 4) is 11.5 Å². The Bertz CT molecular complexity index is 1250. The quantitative estimate of drug-likeness (QED) is 0.326. The zero-order valence-electron chi connectivity index (χ0n) is 25.8. The van der Waals surface area contributed by atoms with Crippen molar-refractivity contribution in [3.05, 3.63) is 34.9 Å². The van der Waals surface area contributed by atoms with Gasteiger partial charge in [-0.15, -0.1) is 0 Å². The molecule has 4 N–H and O–H groups in total. The normalized spacial score (nSPS) is 32.1. The van der Waals surface area contributed by atoms with Crippen LogP contribution in [0.1, 0.15) is 82.3 Å². The van der Waals surface area contributed by atoms with Crippen LogP contribution in [0, 0.1) is 29.1 Å². The van der Waals surface area contributed by atoms with Crippen molar-refractivity contribution in [3.63, 3.8) is 0 Å². The van der Waals surface area contributed by atoms with Gasteiger partial charge in [-0.1, -0.05) is 26.7 Å². The molecule has 9 nitrogen and oxygen atoms in total. The molecule has 4 fully saturated rings. The van der Waals surface area contributed by atoms with Crippen molar-refractivity contribution in [1.29, 1.82) is 0 Å². The molecule has 43 heavy (non-hydrogen) atoms. The molecule has 7 atom stereocenters. The Labute approximate surface area is 254 Å². The van der Waals surface area contributed by atoms with Gasteiger partial charge in [0.15, 0.2) is 11.5 Å². The molecule has 0 radical (unpaired) electrons. The van der Waals surface area contributed by atoms with Crippen LogP contribution < -0.4 is 14.8 Å². The molecule has 0 spiro atoms. The third-order valence-electron chi connectivity index (χ3n) is 11.5. The summed E-state index contributed by atoms with van der Waals surface area (Å²) in [7, 11) is 1.52. The lowest BCUT2D eigenvalue weighted by molar-refractivity contribution is -0.147. The third-order valence-corrected chi connectivity index (χ3v) is 11.5. The van der Waals surface area contributed by atoms with Crippen molar-refractivity contribution >= 4 is 11.8 Å². The fourth-order valence-corrected chi connectivity index (χ4v) is 9.02. The van der Waals surface area contributed by atoms with Crippen LogP contribution in [0.25, 0.3) is 0 Å². The van der Waals surface area contributed by atoms with E-state index in [0.29, 0.717) is 58.9 Å². The lowest BCUT2D eigenvalue weighted by atomic mass is 9.45. The Hall–Kier alpha value is -2.62. The minimum Gasteiger partial charge on any atom is -0.493 e. The van der Waals surface area contributed by atoms with Crippen LogP contribution in [0.2, 0.25) is 0 Å². The topological polar surface area (TPSA) is 129 Å². The van der Waals surface area contributed by atoms with Gasteiger partial charge in [0.05, 0.1) is 32.3 Å². The van der Waals surface area contributed by atoms with Crippen LogP contribution in [0.4, 0.5) is 0 Å². The predicted molar refractivity (Wildman–Crippen MR) is 160 cm³/mol. The van der Waals surface area contributed by atoms with E-state index in [1.54, 1.807) is 18.2 Å². The summed E-state index contributed by atoms with van der Waals surface area (Å²) < 4.78 is 12.0. The first kappa shape index (κ1) is 30.4. The van der Waals surface area contributed by atoms with Crippen LogP contribution in [0.15, 0.2) is 23.8 Å². The summed E-state index contributed by atoms with van der Waals surface area (Å²) in [5, 5.41) is 34.2. The van der Waals surface area contributed by atoms with Crippen molar-refractivity contribution in [1.82, 2.24) is 10.2 Å². The SMILES string of the molecule is COc1cc(CO)cc2c1O[C@@H]1[C@@H](O)[C@H](N(C[C@@H]3CC[C@H]4C[C@@H]3C4(C)C)C(=O)CC3CCCC3)C=C(C(=O)NCCO)[C@H]21. The van der Waals surface area contributed by atoms with Crippen LogP contribution in [-0.4, -0.2) is 77.1 Å². The third kappa shape index (κ3) is 5.35. The molecular weight excluding hydrogens is 548 g/mol. The standard InChI is InChI=1S/C34H48N2O7/c1-34(2)22-9-8-21(25(34)15-22)17-36(28(39)14-19-6-4-5-7-19)26-16-24(33(41)35-10-11-37)29-23-12-20(18-38)13-27(42-3)31(23)43-32(29)30(26)40/h12-13,16,19,21-22,25-26,29-30,32,37-38,40H,4-11,14-15,17-18H2,1-3H3,(H,35,41)/t21-,22-,25-,26+,29-,30-,32-/m0/s1. The molecule has 1 aromatic carbocycles. The summed E-state index contributed by atoms with van der Waals surface area (Å²) in [6, 6.07) is 2.76. The highest BCUT2D eigenvalue weighted by atomic mass is 16.5. The monoisotopic (exact) mass is 596 g/mol. The lowest BCUT2D eigenvalue weighted by Crippen LogP contribution is -2.59. The van der Waals surface area contributed by atoms with E-state index < -0.39 is 24.2 Å². The fourth-order valence-electron chi connectivity index (χ4n) is 9.02. The molecule has 2 bridgehead atoms. The number of nitrogens with zero attached hydrogens (tertiary/aromatic N) is 1. The Kier molecular flexibility index (Phi) is 8.52. The minimum absolute atomic E-state index is 0.0377. The van der Waals surface area contributed by atoms with Gasteiger partial charge in [-0.05, 0) is 85.0 Å². The average molecular weight is 597 g/mol. The number of carbonyl (C=O) groups excluding carboxylic acids is 2. The molecule has 0 unspecified atom stereocenters. The molecule has 1 heterocycles. The molecule has 236 valence electrons. The molecular formula is C34H48N2O7. The van der Waals surface area contributed by atoms with Gasteiger partial charge in [0.2, 0.25) is 11.8 Å². The zero-order chi connectivity index (χ0) is 30.5. The number of amides is 2. The Morgan fingerprint density at radius 3 is 2.56 bits per heavy atom. The second-order valence-corrected chi connectivity index (χ2v) is 14.1. The van der Waals surface area contributed by atoms with E-state index >= 15 is 0 Å². The molecule has 0 saturated heterocycles. The lowest BCUT2D eigenvalue weighted by Gasteiger charge is -2.61. The van der Waals surface area contributed by atoms with E-state index in [1.807, 2.05) is 4.90 Å². The summed E-state index contributed by atoms with van der Waals surface area (Å²) in [4.78, 5) is 29.7. The van der Waals surface area contributed by atoms with E-state index in [4.69, 9.17) is 9.47 Å². The number of hydrogen-bond acceptors (Lipinski definition) is 7. The Balaban J connectivity index is 1.38. The van der Waals surface area contributed by atoms with Crippen molar-refractivity contribution in [2.75, 3.05) is 26.8 Å². The second-order valence-electron chi connectivity index (χ2n) is 14.1. The fraction of sp³-hybridized carbons (Fsp3) is 0.706. The Morgan fingerprint density at radius 2 is 1.91 bits per heavy atom. The van der Waals surface area contributed by atoms with Gasteiger partial charge in [-0.2, -0.15) is 0 Å². The number of aliphatic hydroxyl groups is 3. The van der Waals surface area contributed by atoms with E-state index in [2.05, 4.69) is 19.2 Å². The van der Waals surface area contributed by atoms with Crippen LogP contribution in [-0.2, 0) is 16.2 Å². The number of nitrogens with one attached hydrogen (secondary N) is 1. The van der Waals surface area contributed by atoms with Crippen molar-refractivity contribution in [2.24, 2.45) is 29.1 Å². The zero-order valence-corrected chi connectivity index (χ0v) is 25.8. The number of ether oxygens (including phenoxy) is 2. The largest absolute Gasteiger partial charge is 0.493 e. The molecule has 1 aromatic rings. The highest BCUT2D eigenvalue weighted by Gasteiger charge is 2.56. The number of benzene rings is 1. The van der Waals surface area contributed by atoms with E-state index in [0.717, 1.165) is 44.4 Å². The smallest absolute Gasteiger partial charge is 0.247 e. The van der Waals surface area contributed by atoms with Gasteiger partial charge in [-0.3, -0.25) is 9.59 Å². The maximum atomic E-state index is 14.2. The van der Waals surface area contributed by atoms with Crippen LogP contribution in [0.3, 0.4) is 0 Å². The molecule has 0 aromatic heterocycles. The Morgan fingerprint density at radius 1 is 1.14 bits per heavy atom. The first-order valence-electron chi connectivity index (χ1n) is 16.2. The minimum atomic E-state index is -1.08. The van der Waals surface area contributed by atoms with E-state index in [9.17, 15) is 24.9 Å². The number of methoxy groups -OCH3 is 1. The molecule has 9 heteroatoms. The molecule has 7 rings (SSSR count). The maximum absolute atomic E-state index is 14.2. The van der Waals surface area contributed by atoms with Gasteiger partial charge >= 0.3 is 0 Å². The van der Waals surface area contributed by atoms with Crippen LogP contribution >= 0.6 is 0 Å². The van der Waals surface area contributed by atoms with Crippen molar-refractivity contribution < 1.29 is 34.4 Å². The van der Waals surface area contributed by atoms with Crippen molar-refractivity contribution in [2.45, 2.75) is 96.0 Å². The summed E-state index contributed by atoms with van der Waals surface area (Å²) in [6.45, 7) is 4.91. The van der Waals surface area contributed by atoms with Gasteiger partial charge in [-0.25, -0.2) is 0 Å². The van der Waals surface area contributed by atoms with Gasteiger partial charge in [0, 0.05) is 30.6 Å². The van der Waals surface area contributed by atoms with E-state index in [1.165, 1.54) is 13.5 Å². The van der Waals surface area contributed by atoms with Gasteiger partial charge < -0.3 is 35.0 Å². The van der Waals surface area contributed by atoms with Crippen LogP contribution in [0.5, 0.6) is 11.5 Å². The number of rotatable bonds is 10. The highest BCUT2D eigenvalue weighted by molar-refractivity contribution is 5.96. The number of hydrogen-bond donors (Lipinski definition) is 4. The van der Waals surface area contributed by atoms with E-state index in [-0.39, 0.29) is 37.0 Å². The molecule has 5 aliphatic carbocycles. The predicted octanol–water partition coefficient (Wildman–Crippen LogP) is 3.29. The average Bonchev–Trinajstić information content (AvgIpc) is 3.67. The first-order valence-corrected chi connectivity index (χ1v) is 16.2. The summed E-state index contributed by atoms with van der Waals surface area (Å²) in [5.74, 6) is 1.88. The molecule has 4 saturated carbocycles. The highest BCUT2D eigenvalue weighted by Crippen LogP contribution is 2.61. The summed E-state index contributed by atoms with van der Waals surface area (Å²) in [5.41, 5.74) is 1.92. The summed E-state index contributed by atoms with van der Waals surface area (Å²) in [6.07, 6.45) is 8.14. The van der Waals surface area contributed by atoms with Gasteiger partial charge in [0.25, 0.3) is 0 Å².